The smallest absolute Gasteiger partial charge is 0.315 e. The number of nitrogens with one attached hydrogen (secondary N) is 2. The van der Waals surface area contributed by atoms with E-state index in [2.05, 4.69) is 20.6 Å². The molecule has 2 amide bonds. The van der Waals surface area contributed by atoms with Crippen LogP contribution in [0, 0.1) is 0 Å². The summed E-state index contributed by atoms with van der Waals surface area (Å²) in [6, 6.07) is 11.4. The van der Waals surface area contributed by atoms with Gasteiger partial charge in [0.2, 0.25) is 0 Å². The molecule has 3 aromatic rings. The average molecular weight is 324 g/mol. The highest BCUT2D eigenvalue weighted by Crippen LogP contribution is 2.19. The van der Waals surface area contributed by atoms with Crippen LogP contribution >= 0.6 is 11.3 Å². The van der Waals surface area contributed by atoms with Gasteiger partial charge in [-0.1, -0.05) is 12.1 Å². The zero-order valence-corrected chi connectivity index (χ0v) is 13.2. The van der Waals surface area contributed by atoms with Crippen LogP contribution in [-0.4, -0.2) is 16.0 Å². The summed E-state index contributed by atoms with van der Waals surface area (Å²) in [6.45, 7) is 0.945. The van der Waals surface area contributed by atoms with Gasteiger partial charge in [-0.3, -0.25) is 9.97 Å². The van der Waals surface area contributed by atoms with Gasteiger partial charge in [0.15, 0.2) is 0 Å². The van der Waals surface area contributed by atoms with E-state index in [4.69, 9.17) is 0 Å². The molecular weight excluding hydrogens is 308 g/mol. The van der Waals surface area contributed by atoms with E-state index in [9.17, 15) is 4.79 Å². The zero-order chi connectivity index (χ0) is 15.9. The molecule has 3 rings (SSSR count). The summed E-state index contributed by atoms with van der Waals surface area (Å²) < 4.78 is 0. The maximum Gasteiger partial charge on any atom is 0.315 e. The van der Waals surface area contributed by atoms with E-state index < -0.39 is 0 Å². The Balaban J connectivity index is 1.61. The van der Waals surface area contributed by atoms with Gasteiger partial charge in [0, 0.05) is 35.6 Å². The monoisotopic (exact) mass is 324 g/mol. The molecule has 0 radical (unpaired) electrons. The lowest BCUT2D eigenvalue weighted by Crippen LogP contribution is -2.34. The van der Waals surface area contributed by atoms with Crippen LogP contribution in [0.25, 0.3) is 11.3 Å². The minimum atomic E-state index is -0.195. The topological polar surface area (TPSA) is 66.9 Å². The van der Waals surface area contributed by atoms with Crippen LogP contribution < -0.4 is 10.6 Å². The molecule has 3 aromatic heterocycles. The molecule has 0 aliphatic heterocycles. The average Bonchev–Trinajstić information content (AvgIpc) is 3.13. The lowest BCUT2D eigenvalue weighted by molar-refractivity contribution is 0.240. The molecule has 6 heteroatoms. The van der Waals surface area contributed by atoms with Crippen LogP contribution in [0.3, 0.4) is 0 Å². The van der Waals surface area contributed by atoms with E-state index in [1.807, 2.05) is 41.8 Å². The Bertz CT molecular complexity index is 759. The van der Waals surface area contributed by atoms with E-state index in [0.717, 1.165) is 21.7 Å². The molecule has 116 valence electrons. The van der Waals surface area contributed by atoms with E-state index in [1.54, 1.807) is 29.9 Å². The van der Waals surface area contributed by atoms with E-state index in [1.165, 1.54) is 0 Å². The van der Waals surface area contributed by atoms with Gasteiger partial charge in [0.1, 0.15) is 0 Å². The van der Waals surface area contributed by atoms with Crippen molar-refractivity contribution in [3.8, 4) is 11.3 Å². The molecule has 0 aliphatic carbocycles. The first-order valence-electron chi connectivity index (χ1n) is 7.21. The summed E-state index contributed by atoms with van der Waals surface area (Å²) in [5, 5.41) is 7.70. The first-order valence-corrected chi connectivity index (χ1v) is 8.09. The van der Waals surface area contributed by atoms with Crippen LogP contribution in [0.5, 0.6) is 0 Å². The quantitative estimate of drug-likeness (QED) is 0.757. The number of amides is 2. The maximum atomic E-state index is 11.9. The molecule has 0 unspecified atom stereocenters. The highest BCUT2D eigenvalue weighted by Gasteiger charge is 2.08. The van der Waals surface area contributed by atoms with Crippen LogP contribution in [-0.2, 0) is 13.1 Å². The Morgan fingerprint density at radius 2 is 1.91 bits per heavy atom. The maximum absolute atomic E-state index is 11.9. The number of rotatable bonds is 5. The van der Waals surface area contributed by atoms with Crippen molar-refractivity contribution in [1.82, 2.24) is 20.6 Å². The number of nitrogens with zero attached hydrogens (tertiary/aromatic N) is 2. The summed E-state index contributed by atoms with van der Waals surface area (Å²) in [6.07, 6.45) is 5.23. The Morgan fingerprint density at radius 3 is 2.70 bits per heavy atom. The minimum absolute atomic E-state index is 0.195. The second kappa shape index (κ2) is 7.51. The Kier molecular flexibility index (Phi) is 4.95. The van der Waals surface area contributed by atoms with Crippen molar-refractivity contribution in [2.75, 3.05) is 0 Å². The summed E-state index contributed by atoms with van der Waals surface area (Å²) in [7, 11) is 0. The predicted molar refractivity (Wildman–Crippen MR) is 90.9 cm³/mol. The number of hydrogen-bond acceptors (Lipinski definition) is 4. The van der Waals surface area contributed by atoms with Gasteiger partial charge in [-0.25, -0.2) is 4.79 Å². The van der Waals surface area contributed by atoms with Crippen molar-refractivity contribution >= 4 is 17.4 Å². The third-order valence-corrected chi connectivity index (χ3v) is 4.15. The van der Waals surface area contributed by atoms with Crippen molar-refractivity contribution in [1.29, 1.82) is 0 Å². The second-order valence-electron chi connectivity index (χ2n) is 4.87. The number of carbonyl (C=O) groups is 1. The number of thiophene rings is 1. The molecular formula is C17H16N4OS. The molecule has 0 saturated heterocycles. The first kappa shape index (κ1) is 15.2. The van der Waals surface area contributed by atoms with Gasteiger partial charge >= 0.3 is 6.03 Å². The number of urea groups is 1. The van der Waals surface area contributed by atoms with Crippen molar-refractivity contribution in [2.45, 2.75) is 13.1 Å². The van der Waals surface area contributed by atoms with E-state index >= 15 is 0 Å². The molecule has 3 heterocycles. The standard InChI is InChI=1S/C17H16N4OS/c22-17(21-12-15-6-3-9-23-15)20-11-14-5-2-8-19-16(14)13-4-1-7-18-10-13/h1-10H,11-12H2,(H2,20,21,22). The fraction of sp³-hybridized carbons (Fsp3) is 0.118. The largest absolute Gasteiger partial charge is 0.334 e. The summed E-state index contributed by atoms with van der Waals surface area (Å²) in [5.74, 6) is 0. The Morgan fingerprint density at radius 1 is 1.04 bits per heavy atom. The normalized spacial score (nSPS) is 10.3. The molecule has 0 saturated carbocycles. The van der Waals surface area contributed by atoms with Crippen LogP contribution in [0.15, 0.2) is 60.4 Å². The Labute approximate surface area is 138 Å². The van der Waals surface area contributed by atoms with Gasteiger partial charge in [0.05, 0.1) is 12.2 Å². The minimum Gasteiger partial charge on any atom is -0.334 e. The van der Waals surface area contributed by atoms with E-state index in [-0.39, 0.29) is 6.03 Å². The van der Waals surface area contributed by atoms with Gasteiger partial charge < -0.3 is 10.6 Å². The third-order valence-electron chi connectivity index (χ3n) is 3.27. The van der Waals surface area contributed by atoms with Gasteiger partial charge in [-0.05, 0) is 35.2 Å². The number of hydrogen-bond donors (Lipinski definition) is 2. The number of aromatic nitrogens is 2. The lowest BCUT2D eigenvalue weighted by atomic mass is 10.1. The predicted octanol–water partition coefficient (Wildman–Crippen LogP) is 3.20. The van der Waals surface area contributed by atoms with Crippen LogP contribution in [0.2, 0.25) is 0 Å². The van der Waals surface area contributed by atoms with Crippen molar-refractivity contribution in [2.24, 2.45) is 0 Å². The van der Waals surface area contributed by atoms with Crippen molar-refractivity contribution < 1.29 is 4.79 Å². The van der Waals surface area contributed by atoms with Crippen molar-refractivity contribution in [3.63, 3.8) is 0 Å². The highest BCUT2D eigenvalue weighted by atomic mass is 32.1. The summed E-state index contributed by atoms with van der Waals surface area (Å²) >= 11 is 1.62. The SMILES string of the molecule is O=C(NCc1cccs1)NCc1cccnc1-c1cccnc1. The fourth-order valence-electron chi connectivity index (χ4n) is 2.16. The number of carbonyl (C=O) groups excluding carboxylic acids is 1. The van der Waals surface area contributed by atoms with Crippen LogP contribution in [0.1, 0.15) is 10.4 Å². The van der Waals surface area contributed by atoms with Crippen LogP contribution in [0.4, 0.5) is 4.79 Å². The van der Waals surface area contributed by atoms with Crippen molar-refractivity contribution in [3.05, 3.63) is 70.8 Å². The molecule has 2 N–H and O–H groups in total. The lowest BCUT2D eigenvalue weighted by Gasteiger charge is -2.10. The zero-order valence-electron chi connectivity index (χ0n) is 12.4. The Hall–Kier alpha value is -2.73. The van der Waals surface area contributed by atoms with Gasteiger partial charge in [-0.15, -0.1) is 11.3 Å². The first-order chi connectivity index (χ1) is 11.3. The highest BCUT2D eigenvalue weighted by molar-refractivity contribution is 7.09. The van der Waals surface area contributed by atoms with E-state index in [0.29, 0.717) is 13.1 Å². The van der Waals surface area contributed by atoms with Gasteiger partial charge in [0.25, 0.3) is 0 Å². The molecule has 0 aromatic carbocycles. The molecule has 0 bridgehead atoms. The summed E-state index contributed by atoms with van der Waals surface area (Å²) in [4.78, 5) is 21.6. The third kappa shape index (κ3) is 4.14. The van der Waals surface area contributed by atoms with Gasteiger partial charge in [-0.2, -0.15) is 0 Å². The number of pyridine rings is 2. The molecule has 0 fully saturated rings. The molecule has 0 aliphatic rings. The second-order valence-corrected chi connectivity index (χ2v) is 5.90. The summed E-state index contributed by atoms with van der Waals surface area (Å²) in [5.41, 5.74) is 2.72. The molecule has 0 spiro atoms. The fourth-order valence-corrected chi connectivity index (χ4v) is 2.81. The molecule has 5 nitrogen and oxygen atoms in total. The molecule has 23 heavy (non-hydrogen) atoms. The molecule has 0 atom stereocenters.